The van der Waals surface area contributed by atoms with E-state index in [9.17, 15) is 9.59 Å². The van der Waals surface area contributed by atoms with Crippen LogP contribution in [0.2, 0.25) is 0 Å². The minimum atomic E-state index is -0.956. The van der Waals surface area contributed by atoms with E-state index in [0.29, 0.717) is 25.5 Å². The highest BCUT2D eigenvalue weighted by molar-refractivity contribution is 5.92. The lowest BCUT2D eigenvalue weighted by atomic mass is 10.1. The Morgan fingerprint density at radius 1 is 1.15 bits per heavy atom. The molecule has 3 aromatic rings. The molecule has 7 heteroatoms. The summed E-state index contributed by atoms with van der Waals surface area (Å²) in [4.78, 5) is 25.4. The van der Waals surface area contributed by atoms with E-state index in [1.54, 1.807) is 12.1 Å². The molecule has 4 rings (SSSR count). The first-order valence-corrected chi connectivity index (χ1v) is 8.85. The number of furan rings is 1. The molecule has 1 unspecified atom stereocenters. The second-order valence-corrected chi connectivity index (χ2v) is 6.59. The molecule has 1 aromatic carbocycles. The first-order chi connectivity index (χ1) is 13.1. The summed E-state index contributed by atoms with van der Waals surface area (Å²) in [7, 11) is 0. The fourth-order valence-electron chi connectivity index (χ4n) is 3.46. The molecular weight excluding hydrogens is 348 g/mol. The highest BCUT2D eigenvalue weighted by atomic mass is 16.5. The van der Waals surface area contributed by atoms with E-state index in [1.165, 1.54) is 4.90 Å². The van der Waals surface area contributed by atoms with Crippen LogP contribution in [-0.4, -0.2) is 52.3 Å². The van der Waals surface area contributed by atoms with E-state index < -0.39 is 12.0 Å². The number of carboxylic acids is 1. The number of morpholine rings is 1. The van der Waals surface area contributed by atoms with E-state index in [0.717, 1.165) is 10.9 Å². The maximum atomic E-state index is 12.8. The van der Waals surface area contributed by atoms with Gasteiger partial charge in [0.15, 0.2) is 5.76 Å². The standard InChI is InChI=1S/C20H20N2O5/c23-19(24)11-15-13-26-10-9-22(15)20(25)18-6-5-16(27-18)12-21-8-7-14-3-1-2-4-17(14)21/h1-8,15H,9-13H2,(H,23,24). The van der Waals surface area contributed by atoms with Crippen molar-refractivity contribution in [1.29, 1.82) is 0 Å². The third-order valence-corrected chi connectivity index (χ3v) is 4.78. The number of aliphatic carboxylic acids is 1. The summed E-state index contributed by atoms with van der Waals surface area (Å²) in [6, 6.07) is 13.0. The lowest BCUT2D eigenvalue weighted by Crippen LogP contribution is -2.49. The van der Waals surface area contributed by atoms with Crippen LogP contribution in [0.1, 0.15) is 22.7 Å². The average Bonchev–Trinajstić information content (AvgIpc) is 3.29. The number of carbonyl (C=O) groups is 2. The SMILES string of the molecule is O=C(O)CC1COCCN1C(=O)c1ccc(Cn2ccc3ccccc32)o1. The summed E-state index contributed by atoms with van der Waals surface area (Å²) in [5.41, 5.74) is 1.09. The number of ether oxygens (including phenoxy) is 1. The number of benzene rings is 1. The molecule has 0 spiro atoms. The zero-order valence-electron chi connectivity index (χ0n) is 14.7. The third kappa shape index (κ3) is 3.59. The molecule has 1 atom stereocenters. The average molecular weight is 368 g/mol. The van der Waals surface area contributed by atoms with Gasteiger partial charge in [0.25, 0.3) is 5.91 Å². The molecule has 1 fully saturated rings. The molecule has 3 heterocycles. The van der Waals surface area contributed by atoms with Crippen molar-refractivity contribution in [1.82, 2.24) is 9.47 Å². The van der Waals surface area contributed by atoms with E-state index in [1.807, 2.05) is 36.5 Å². The lowest BCUT2D eigenvalue weighted by Gasteiger charge is -2.34. The number of hydrogen-bond acceptors (Lipinski definition) is 4. The number of aromatic nitrogens is 1. The van der Waals surface area contributed by atoms with Crippen molar-refractivity contribution in [2.24, 2.45) is 0 Å². The van der Waals surface area contributed by atoms with Gasteiger partial charge in [0.2, 0.25) is 0 Å². The Morgan fingerprint density at radius 2 is 2.00 bits per heavy atom. The molecule has 1 aliphatic heterocycles. The number of hydrogen-bond donors (Lipinski definition) is 1. The summed E-state index contributed by atoms with van der Waals surface area (Å²) < 4.78 is 13.2. The Balaban J connectivity index is 1.51. The topological polar surface area (TPSA) is 84.9 Å². The van der Waals surface area contributed by atoms with Crippen molar-refractivity contribution in [2.75, 3.05) is 19.8 Å². The van der Waals surface area contributed by atoms with Gasteiger partial charge < -0.3 is 23.7 Å². The molecule has 0 bridgehead atoms. The Labute approximate surface area is 155 Å². The van der Waals surface area contributed by atoms with Crippen molar-refractivity contribution in [2.45, 2.75) is 19.0 Å². The monoisotopic (exact) mass is 368 g/mol. The van der Waals surface area contributed by atoms with E-state index in [-0.39, 0.29) is 24.7 Å². The van der Waals surface area contributed by atoms with Gasteiger partial charge in [0, 0.05) is 18.3 Å². The number of rotatable bonds is 5. The van der Waals surface area contributed by atoms with Gasteiger partial charge in [0.05, 0.1) is 32.2 Å². The second-order valence-electron chi connectivity index (χ2n) is 6.59. The Morgan fingerprint density at radius 3 is 2.85 bits per heavy atom. The minimum absolute atomic E-state index is 0.144. The number of amides is 1. The lowest BCUT2D eigenvalue weighted by molar-refractivity contribution is -0.139. The second kappa shape index (κ2) is 7.28. The highest BCUT2D eigenvalue weighted by Gasteiger charge is 2.31. The molecule has 1 amide bonds. The molecule has 1 saturated heterocycles. The Bertz CT molecular complexity index is 974. The highest BCUT2D eigenvalue weighted by Crippen LogP contribution is 2.20. The van der Waals surface area contributed by atoms with Gasteiger partial charge in [-0.2, -0.15) is 0 Å². The zero-order chi connectivity index (χ0) is 18.8. The van der Waals surface area contributed by atoms with Gasteiger partial charge >= 0.3 is 5.97 Å². The number of carboxylic acid groups (broad SMARTS) is 1. The van der Waals surface area contributed by atoms with E-state index in [4.69, 9.17) is 14.3 Å². The van der Waals surface area contributed by atoms with Crippen molar-refractivity contribution < 1.29 is 23.8 Å². The van der Waals surface area contributed by atoms with Gasteiger partial charge in [-0.3, -0.25) is 9.59 Å². The predicted octanol–water partition coefficient (Wildman–Crippen LogP) is 2.60. The number of para-hydroxylation sites is 1. The van der Waals surface area contributed by atoms with Crippen molar-refractivity contribution in [3.8, 4) is 0 Å². The van der Waals surface area contributed by atoms with Crippen LogP contribution >= 0.6 is 0 Å². The molecule has 0 saturated carbocycles. The van der Waals surface area contributed by atoms with Crippen LogP contribution < -0.4 is 0 Å². The quantitative estimate of drug-likeness (QED) is 0.748. The third-order valence-electron chi connectivity index (χ3n) is 4.78. The summed E-state index contributed by atoms with van der Waals surface area (Å²) in [5, 5.41) is 10.2. The smallest absolute Gasteiger partial charge is 0.305 e. The molecular formula is C20H20N2O5. The van der Waals surface area contributed by atoms with Gasteiger partial charge in [0.1, 0.15) is 5.76 Å². The maximum absolute atomic E-state index is 12.8. The summed E-state index contributed by atoms with van der Waals surface area (Å²) >= 11 is 0. The molecule has 1 N–H and O–H groups in total. The normalized spacial score (nSPS) is 17.3. The molecule has 0 aliphatic carbocycles. The van der Waals surface area contributed by atoms with Gasteiger partial charge in [-0.05, 0) is 29.7 Å². The molecule has 0 radical (unpaired) electrons. The van der Waals surface area contributed by atoms with Gasteiger partial charge in [-0.1, -0.05) is 18.2 Å². The summed E-state index contributed by atoms with van der Waals surface area (Å²) in [6.07, 6.45) is 1.84. The minimum Gasteiger partial charge on any atom is -0.481 e. The fourth-order valence-corrected chi connectivity index (χ4v) is 3.46. The van der Waals surface area contributed by atoms with Crippen LogP contribution in [0.3, 0.4) is 0 Å². The van der Waals surface area contributed by atoms with Crippen molar-refractivity contribution in [3.63, 3.8) is 0 Å². The van der Waals surface area contributed by atoms with Crippen LogP contribution in [-0.2, 0) is 16.1 Å². The van der Waals surface area contributed by atoms with Gasteiger partial charge in [-0.15, -0.1) is 0 Å². The predicted molar refractivity (Wildman–Crippen MR) is 97.6 cm³/mol. The fraction of sp³-hybridized carbons (Fsp3) is 0.300. The van der Waals surface area contributed by atoms with Crippen LogP contribution in [0.25, 0.3) is 10.9 Å². The number of carbonyl (C=O) groups excluding carboxylic acids is 1. The summed E-state index contributed by atoms with van der Waals surface area (Å²) in [5.74, 6) is -0.363. The Kier molecular flexibility index (Phi) is 4.68. The van der Waals surface area contributed by atoms with Crippen molar-refractivity contribution >= 4 is 22.8 Å². The molecule has 1 aliphatic rings. The number of fused-ring (bicyclic) bond motifs is 1. The van der Waals surface area contributed by atoms with E-state index in [2.05, 4.69) is 4.57 Å². The number of nitrogens with zero attached hydrogens (tertiary/aromatic N) is 2. The molecule has 140 valence electrons. The summed E-state index contributed by atoms with van der Waals surface area (Å²) in [6.45, 7) is 1.49. The maximum Gasteiger partial charge on any atom is 0.305 e. The van der Waals surface area contributed by atoms with Gasteiger partial charge in [-0.25, -0.2) is 0 Å². The first-order valence-electron chi connectivity index (χ1n) is 8.85. The van der Waals surface area contributed by atoms with Crippen LogP contribution in [0.15, 0.2) is 53.1 Å². The van der Waals surface area contributed by atoms with Crippen LogP contribution in [0, 0.1) is 0 Å². The van der Waals surface area contributed by atoms with Crippen molar-refractivity contribution in [3.05, 3.63) is 60.2 Å². The van der Waals surface area contributed by atoms with Crippen LogP contribution in [0.5, 0.6) is 0 Å². The van der Waals surface area contributed by atoms with E-state index >= 15 is 0 Å². The largest absolute Gasteiger partial charge is 0.481 e. The molecule has 7 nitrogen and oxygen atoms in total. The Hall–Kier alpha value is -3.06. The zero-order valence-corrected chi connectivity index (χ0v) is 14.7. The molecule has 2 aromatic heterocycles. The first kappa shape index (κ1) is 17.4. The van der Waals surface area contributed by atoms with Crippen LogP contribution in [0.4, 0.5) is 0 Å². The molecule has 27 heavy (non-hydrogen) atoms.